The molecule has 4 rings (SSSR count). The largest absolute Gasteiger partial charge is 0.322 e. The second kappa shape index (κ2) is 3.62. The van der Waals surface area contributed by atoms with Crippen molar-refractivity contribution in [3.63, 3.8) is 0 Å². The lowest BCUT2D eigenvalue weighted by Crippen LogP contribution is -2.41. The van der Waals surface area contributed by atoms with Crippen molar-refractivity contribution >= 4 is 11.9 Å². The van der Waals surface area contributed by atoms with Gasteiger partial charge in [-0.2, -0.15) is 5.21 Å². The molecular weight excluding hydrogens is 260 g/mol. The lowest BCUT2D eigenvalue weighted by molar-refractivity contribution is -0.124. The van der Waals surface area contributed by atoms with Crippen LogP contribution in [0.1, 0.15) is 17.5 Å². The molecule has 3 N–H and O–H groups in total. The number of rotatable bonds is 1. The highest BCUT2D eigenvalue weighted by molar-refractivity contribution is 6.08. The van der Waals surface area contributed by atoms with Gasteiger partial charge in [0.15, 0.2) is 0 Å². The minimum Gasteiger partial charge on any atom is -0.319 e. The number of hydrogen-bond acceptors (Lipinski definition) is 5. The minimum absolute atomic E-state index is 0.284. The molecule has 2 aromatic rings. The summed E-state index contributed by atoms with van der Waals surface area (Å²) in [4.78, 5) is 23.5. The summed E-state index contributed by atoms with van der Waals surface area (Å²) in [7, 11) is 0. The second-order valence-electron chi connectivity index (χ2n) is 4.92. The molecule has 0 bridgehead atoms. The van der Waals surface area contributed by atoms with Crippen LogP contribution in [0.25, 0.3) is 11.4 Å². The number of carbonyl (C=O) groups is 2. The zero-order valence-corrected chi connectivity index (χ0v) is 10.3. The Morgan fingerprint density at radius 3 is 2.85 bits per heavy atom. The Labute approximate surface area is 112 Å². The van der Waals surface area contributed by atoms with Gasteiger partial charge in [-0.15, -0.1) is 10.2 Å². The quantitative estimate of drug-likeness (QED) is 0.624. The lowest BCUT2D eigenvalue weighted by atomic mass is 9.91. The van der Waals surface area contributed by atoms with Gasteiger partial charge in [-0.1, -0.05) is 12.1 Å². The number of hydrogen-bond donors (Lipinski definition) is 3. The second-order valence-corrected chi connectivity index (χ2v) is 4.92. The van der Waals surface area contributed by atoms with E-state index in [9.17, 15) is 9.59 Å². The maximum Gasteiger partial charge on any atom is 0.322 e. The van der Waals surface area contributed by atoms with Crippen molar-refractivity contribution in [2.45, 2.75) is 18.4 Å². The Morgan fingerprint density at radius 2 is 2.15 bits per heavy atom. The number of imide groups is 1. The summed E-state index contributed by atoms with van der Waals surface area (Å²) in [6.07, 6.45) is 1.28. The number of aromatic nitrogens is 4. The van der Waals surface area contributed by atoms with E-state index in [1.807, 2.05) is 18.2 Å². The Bertz CT molecular complexity index is 726. The van der Waals surface area contributed by atoms with E-state index in [4.69, 9.17) is 0 Å². The first-order valence-corrected chi connectivity index (χ1v) is 6.20. The van der Waals surface area contributed by atoms with E-state index in [0.29, 0.717) is 18.7 Å². The highest BCUT2D eigenvalue weighted by Crippen LogP contribution is 2.40. The molecule has 1 saturated heterocycles. The third kappa shape index (κ3) is 1.33. The van der Waals surface area contributed by atoms with Gasteiger partial charge in [-0.3, -0.25) is 10.1 Å². The first kappa shape index (κ1) is 11.1. The Morgan fingerprint density at radius 1 is 1.25 bits per heavy atom. The van der Waals surface area contributed by atoms with Crippen LogP contribution < -0.4 is 10.6 Å². The SMILES string of the molecule is O=C1NC(=O)C2(CCc3cc(-c4nn[nH]n4)ccc32)N1. The monoisotopic (exact) mass is 270 g/mol. The third-order valence-corrected chi connectivity index (χ3v) is 3.88. The van der Waals surface area contributed by atoms with Crippen molar-refractivity contribution in [3.05, 3.63) is 29.3 Å². The highest BCUT2D eigenvalue weighted by Gasteiger charge is 2.51. The van der Waals surface area contributed by atoms with E-state index in [2.05, 4.69) is 31.3 Å². The normalized spacial score (nSPS) is 23.8. The molecular formula is C12H10N6O2. The summed E-state index contributed by atoms with van der Waals surface area (Å²) >= 11 is 0. The maximum atomic E-state index is 12.1. The number of aryl methyl sites for hydroxylation is 1. The summed E-state index contributed by atoms with van der Waals surface area (Å²) in [6, 6.07) is 5.17. The van der Waals surface area contributed by atoms with Crippen molar-refractivity contribution in [1.82, 2.24) is 31.3 Å². The smallest absolute Gasteiger partial charge is 0.319 e. The lowest BCUT2D eigenvalue weighted by Gasteiger charge is -2.20. The molecule has 0 saturated carbocycles. The molecule has 1 atom stereocenters. The van der Waals surface area contributed by atoms with Crippen LogP contribution >= 0.6 is 0 Å². The average Bonchev–Trinajstić information content (AvgIpc) is 3.12. The van der Waals surface area contributed by atoms with Gasteiger partial charge in [-0.05, 0) is 35.2 Å². The Kier molecular flexibility index (Phi) is 2.01. The fourth-order valence-corrected chi connectivity index (χ4v) is 2.95. The molecule has 1 fully saturated rings. The van der Waals surface area contributed by atoms with Crippen molar-refractivity contribution in [2.24, 2.45) is 0 Å². The van der Waals surface area contributed by atoms with Gasteiger partial charge in [0.25, 0.3) is 5.91 Å². The fraction of sp³-hybridized carbons (Fsp3) is 0.250. The highest BCUT2D eigenvalue weighted by atomic mass is 16.2. The molecule has 8 nitrogen and oxygen atoms in total. The number of H-pyrrole nitrogens is 1. The molecule has 1 aromatic carbocycles. The van der Waals surface area contributed by atoms with Gasteiger partial charge < -0.3 is 5.32 Å². The molecule has 2 heterocycles. The Balaban J connectivity index is 1.81. The molecule has 1 unspecified atom stereocenters. The molecule has 1 aliphatic heterocycles. The number of nitrogens with zero attached hydrogens (tertiary/aromatic N) is 3. The maximum absolute atomic E-state index is 12.1. The van der Waals surface area contributed by atoms with Gasteiger partial charge in [0.05, 0.1) is 0 Å². The number of urea groups is 1. The van der Waals surface area contributed by atoms with Gasteiger partial charge in [0.2, 0.25) is 5.82 Å². The molecule has 1 aromatic heterocycles. The number of carbonyl (C=O) groups excluding carboxylic acids is 2. The van der Waals surface area contributed by atoms with E-state index < -0.39 is 11.6 Å². The first-order chi connectivity index (χ1) is 9.69. The number of amides is 3. The Hall–Kier alpha value is -2.77. The molecule has 20 heavy (non-hydrogen) atoms. The standard InChI is InChI=1S/C12H10N6O2/c19-10-12(14-11(20)13-10)4-3-6-5-7(1-2-8(6)12)9-15-17-18-16-9/h1-2,5H,3-4H2,(H2,13,14,19,20)(H,15,16,17,18). The predicted molar refractivity (Wildman–Crippen MR) is 66.3 cm³/mol. The number of benzene rings is 1. The molecule has 3 amide bonds. The van der Waals surface area contributed by atoms with E-state index in [1.165, 1.54) is 0 Å². The van der Waals surface area contributed by atoms with E-state index in [0.717, 1.165) is 16.7 Å². The molecule has 2 aliphatic rings. The van der Waals surface area contributed by atoms with Crippen LogP contribution in [0.4, 0.5) is 4.79 Å². The van der Waals surface area contributed by atoms with Crippen LogP contribution in [-0.2, 0) is 16.8 Å². The van der Waals surface area contributed by atoms with E-state index in [1.54, 1.807) is 0 Å². The van der Waals surface area contributed by atoms with E-state index in [-0.39, 0.29) is 5.91 Å². The summed E-state index contributed by atoms with van der Waals surface area (Å²) in [6.45, 7) is 0. The summed E-state index contributed by atoms with van der Waals surface area (Å²) < 4.78 is 0. The topological polar surface area (TPSA) is 113 Å². The van der Waals surface area contributed by atoms with Crippen LogP contribution in [0, 0.1) is 0 Å². The van der Waals surface area contributed by atoms with Crippen LogP contribution in [0.5, 0.6) is 0 Å². The van der Waals surface area contributed by atoms with Crippen molar-refractivity contribution in [1.29, 1.82) is 0 Å². The van der Waals surface area contributed by atoms with E-state index >= 15 is 0 Å². The zero-order valence-electron chi connectivity index (χ0n) is 10.3. The average molecular weight is 270 g/mol. The van der Waals surface area contributed by atoms with Crippen LogP contribution in [0.3, 0.4) is 0 Å². The molecule has 1 aliphatic carbocycles. The number of fused-ring (bicyclic) bond motifs is 2. The van der Waals surface area contributed by atoms with Crippen LogP contribution in [0.2, 0.25) is 0 Å². The summed E-state index contributed by atoms with van der Waals surface area (Å²) in [5.41, 5.74) is 1.78. The third-order valence-electron chi connectivity index (χ3n) is 3.88. The summed E-state index contributed by atoms with van der Waals surface area (Å²) in [5.74, 6) is 0.224. The van der Waals surface area contributed by atoms with Crippen LogP contribution in [-0.4, -0.2) is 32.6 Å². The number of tetrazole rings is 1. The molecule has 100 valence electrons. The molecule has 0 radical (unpaired) electrons. The molecule has 1 spiro atoms. The van der Waals surface area contributed by atoms with Crippen molar-refractivity contribution in [2.75, 3.05) is 0 Å². The fourth-order valence-electron chi connectivity index (χ4n) is 2.95. The predicted octanol–water partition coefficient (Wildman–Crippen LogP) is -0.152. The van der Waals surface area contributed by atoms with Crippen LogP contribution in [0.15, 0.2) is 18.2 Å². The molecule has 8 heteroatoms. The van der Waals surface area contributed by atoms with Gasteiger partial charge in [-0.25, -0.2) is 4.79 Å². The van der Waals surface area contributed by atoms with Gasteiger partial charge >= 0.3 is 6.03 Å². The number of nitrogens with one attached hydrogen (secondary N) is 3. The summed E-state index contributed by atoms with van der Waals surface area (Å²) in [5, 5.41) is 18.8. The van der Waals surface area contributed by atoms with Crippen molar-refractivity contribution in [3.8, 4) is 11.4 Å². The minimum atomic E-state index is -0.914. The van der Waals surface area contributed by atoms with Crippen molar-refractivity contribution < 1.29 is 9.59 Å². The first-order valence-electron chi connectivity index (χ1n) is 6.20. The van der Waals surface area contributed by atoms with Gasteiger partial charge in [0.1, 0.15) is 5.54 Å². The van der Waals surface area contributed by atoms with Gasteiger partial charge in [0, 0.05) is 5.56 Å². The zero-order chi connectivity index (χ0) is 13.7. The number of aromatic amines is 1.